The van der Waals surface area contributed by atoms with Crippen molar-refractivity contribution in [1.29, 1.82) is 0 Å². The molecule has 1 N–H and O–H groups in total. The smallest absolute Gasteiger partial charge is 0.195 e. The van der Waals surface area contributed by atoms with Gasteiger partial charge in [-0.2, -0.15) is 5.10 Å². The Morgan fingerprint density at radius 2 is 2.47 bits per heavy atom. The van der Waals surface area contributed by atoms with Crippen molar-refractivity contribution in [3.05, 3.63) is 11.1 Å². The van der Waals surface area contributed by atoms with Crippen LogP contribution in [0.25, 0.3) is 0 Å². The topological polar surface area (TPSA) is 42.8 Å². The van der Waals surface area contributed by atoms with Crippen molar-refractivity contribution in [1.82, 2.24) is 14.8 Å². The summed E-state index contributed by atoms with van der Waals surface area (Å²) >= 11 is 5.17. The van der Waals surface area contributed by atoms with E-state index in [-0.39, 0.29) is 5.41 Å². The summed E-state index contributed by atoms with van der Waals surface area (Å²) in [5.74, 6) is 0. The van der Waals surface area contributed by atoms with Crippen LogP contribution in [0.3, 0.4) is 0 Å². The predicted molar refractivity (Wildman–Crippen MR) is 60.3 cm³/mol. The van der Waals surface area contributed by atoms with E-state index < -0.39 is 0 Å². The zero-order chi connectivity index (χ0) is 11.1. The lowest BCUT2D eigenvalue weighted by molar-refractivity contribution is -0.128. The largest absolute Gasteiger partial charge is 0.378 e. The molecule has 2 unspecified atom stereocenters. The van der Waals surface area contributed by atoms with Crippen LogP contribution in [0, 0.1) is 10.2 Å². The van der Waals surface area contributed by atoms with E-state index in [2.05, 4.69) is 24.0 Å². The van der Waals surface area contributed by atoms with Crippen LogP contribution >= 0.6 is 12.2 Å². The average Bonchev–Trinajstić information content (AvgIpc) is 2.58. The fourth-order valence-electron chi connectivity index (χ4n) is 2.30. The van der Waals surface area contributed by atoms with Gasteiger partial charge in [0.25, 0.3) is 0 Å². The van der Waals surface area contributed by atoms with Gasteiger partial charge in [-0.1, -0.05) is 13.8 Å². The number of aromatic amines is 1. The van der Waals surface area contributed by atoms with Crippen LogP contribution in [0.2, 0.25) is 0 Å². The second-order valence-electron chi connectivity index (χ2n) is 4.59. The first-order chi connectivity index (χ1) is 7.07. The molecule has 1 aliphatic rings. The van der Waals surface area contributed by atoms with Crippen LogP contribution < -0.4 is 0 Å². The third-order valence-corrected chi connectivity index (χ3v) is 3.71. The monoisotopic (exact) mass is 227 g/mol. The second kappa shape index (κ2) is 3.72. The third-order valence-electron chi connectivity index (χ3n) is 3.41. The first-order valence-electron chi connectivity index (χ1n) is 5.30. The van der Waals surface area contributed by atoms with Gasteiger partial charge < -0.3 is 9.30 Å². The molecule has 1 saturated carbocycles. The Morgan fingerprint density at radius 3 is 2.93 bits per heavy atom. The van der Waals surface area contributed by atoms with Crippen LogP contribution in [0.5, 0.6) is 0 Å². The summed E-state index contributed by atoms with van der Waals surface area (Å²) in [5.41, 5.74) is 0.137. The lowest BCUT2D eigenvalue weighted by Crippen LogP contribution is -2.51. The zero-order valence-electron chi connectivity index (χ0n) is 9.36. The molecule has 0 bridgehead atoms. The van der Waals surface area contributed by atoms with E-state index in [1.807, 2.05) is 11.5 Å². The molecule has 15 heavy (non-hydrogen) atoms. The minimum Gasteiger partial charge on any atom is -0.378 e. The van der Waals surface area contributed by atoms with Crippen molar-refractivity contribution in [2.75, 3.05) is 6.61 Å². The summed E-state index contributed by atoms with van der Waals surface area (Å²) in [4.78, 5) is 0. The molecule has 84 valence electrons. The van der Waals surface area contributed by atoms with E-state index in [0.29, 0.717) is 16.9 Å². The van der Waals surface area contributed by atoms with Crippen molar-refractivity contribution in [3.8, 4) is 0 Å². The van der Waals surface area contributed by atoms with Crippen LogP contribution in [0.15, 0.2) is 6.33 Å². The highest BCUT2D eigenvalue weighted by Crippen LogP contribution is 2.51. The summed E-state index contributed by atoms with van der Waals surface area (Å²) < 4.78 is 8.41. The van der Waals surface area contributed by atoms with Gasteiger partial charge in [-0.25, -0.2) is 0 Å². The SMILES string of the molecule is CCOC1CC(n2cn[nH]c2=S)C1(C)C. The van der Waals surface area contributed by atoms with E-state index >= 15 is 0 Å². The van der Waals surface area contributed by atoms with Gasteiger partial charge in [0, 0.05) is 18.1 Å². The number of H-pyrrole nitrogens is 1. The average molecular weight is 227 g/mol. The van der Waals surface area contributed by atoms with Gasteiger partial charge in [-0.05, 0) is 25.6 Å². The molecule has 4 nitrogen and oxygen atoms in total. The minimum atomic E-state index is 0.137. The summed E-state index contributed by atoms with van der Waals surface area (Å²) in [6.07, 6.45) is 3.13. The molecule has 2 rings (SSSR count). The van der Waals surface area contributed by atoms with Gasteiger partial charge in [0.2, 0.25) is 0 Å². The molecule has 0 spiro atoms. The van der Waals surface area contributed by atoms with Gasteiger partial charge in [0.05, 0.1) is 6.10 Å². The summed E-state index contributed by atoms with van der Waals surface area (Å²) in [7, 11) is 0. The van der Waals surface area contributed by atoms with E-state index in [4.69, 9.17) is 17.0 Å². The number of hydrogen-bond donors (Lipinski definition) is 1. The van der Waals surface area contributed by atoms with Crippen LogP contribution in [0.4, 0.5) is 0 Å². The number of ether oxygens (including phenoxy) is 1. The third kappa shape index (κ3) is 1.63. The standard InChI is InChI=1S/C10H17N3OS/c1-4-14-8-5-7(10(8,2)3)13-6-11-12-9(13)15/h6-8H,4-5H2,1-3H3,(H,12,15). The molecular weight excluding hydrogens is 210 g/mol. The van der Waals surface area contributed by atoms with E-state index in [9.17, 15) is 0 Å². The maximum absolute atomic E-state index is 5.68. The Balaban J connectivity index is 2.16. The van der Waals surface area contributed by atoms with Gasteiger partial charge in [-0.15, -0.1) is 0 Å². The normalized spacial score (nSPS) is 28.7. The Hall–Kier alpha value is -0.680. The molecule has 0 amide bonds. The number of hydrogen-bond acceptors (Lipinski definition) is 3. The highest BCUT2D eigenvalue weighted by molar-refractivity contribution is 7.71. The number of aromatic nitrogens is 3. The van der Waals surface area contributed by atoms with Crippen molar-refractivity contribution < 1.29 is 4.74 Å². The Kier molecular flexibility index (Phi) is 2.68. The fraction of sp³-hybridized carbons (Fsp3) is 0.800. The minimum absolute atomic E-state index is 0.137. The summed E-state index contributed by atoms with van der Waals surface area (Å²) in [6, 6.07) is 0.403. The fourth-order valence-corrected chi connectivity index (χ4v) is 2.53. The molecule has 2 atom stereocenters. The van der Waals surface area contributed by atoms with Crippen LogP contribution in [-0.2, 0) is 4.74 Å². The molecule has 0 saturated heterocycles. The lowest BCUT2D eigenvalue weighted by atomic mass is 9.64. The summed E-state index contributed by atoms with van der Waals surface area (Å²) in [5, 5.41) is 6.74. The van der Waals surface area contributed by atoms with Crippen molar-refractivity contribution in [2.45, 2.75) is 39.3 Å². The number of nitrogens with one attached hydrogen (secondary N) is 1. The highest BCUT2D eigenvalue weighted by Gasteiger charge is 2.50. The molecule has 1 fully saturated rings. The first-order valence-corrected chi connectivity index (χ1v) is 5.71. The van der Waals surface area contributed by atoms with Crippen molar-refractivity contribution >= 4 is 12.2 Å². The maximum atomic E-state index is 5.68. The Bertz CT molecular complexity index is 395. The predicted octanol–water partition coefficient (Wildman–Crippen LogP) is 2.32. The Morgan fingerprint density at radius 1 is 1.73 bits per heavy atom. The maximum Gasteiger partial charge on any atom is 0.195 e. The van der Waals surface area contributed by atoms with Crippen LogP contribution in [-0.4, -0.2) is 27.5 Å². The first kappa shape index (κ1) is 10.8. The molecule has 0 radical (unpaired) electrons. The van der Waals surface area contributed by atoms with Crippen LogP contribution in [0.1, 0.15) is 33.2 Å². The quantitative estimate of drug-likeness (QED) is 0.806. The van der Waals surface area contributed by atoms with Gasteiger partial charge >= 0.3 is 0 Å². The molecule has 1 aromatic rings. The molecule has 0 aromatic carbocycles. The Labute approximate surface area is 94.6 Å². The molecule has 1 aromatic heterocycles. The second-order valence-corrected chi connectivity index (χ2v) is 4.97. The van der Waals surface area contributed by atoms with Gasteiger partial charge in [0.15, 0.2) is 4.77 Å². The molecular formula is C10H17N3OS. The lowest BCUT2D eigenvalue weighted by Gasteiger charge is -2.51. The zero-order valence-corrected chi connectivity index (χ0v) is 10.2. The van der Waals surface area contributed by atoms with Gasteiger partial charge in [0.1, 0.15) is 6.33 Å². The van der Waals surface area contributed by atoms with Gasteiger partial charge in [-0.3, -0.25) is 5.10 Å². The van der Waals surface area contributed by atoms with E-state index in [0.717, 1.165) is 13.0 Å². The van der Waals surface area contributed by atoms with E-state index in [1.54, 1.807) is 6.33 Å². The summed E-state index contributed by atoms with van der Waals surface area (Å²) in [6.45, 7) is 7.25. The number of rotatable bonds is 3. The van der Waals surface area contributed by atoms with E-state index in [1.165, 1.54) is 0 Å². The molecule has 5 heteroatoms. The van der Waals surface area contributed by atoms with Crippen molar-refractivity contribution in [3.63, 3.8) is 0 Å². The molecule has 0 aliphatic heterocycles. The highest BCUT2D eigenvalue weighted by atomic mass is 32.1. The number of nitrogens with zero attached hydrogens (tertiary/aromatic N) is 2. The molecule has 1 aliphatic carbocycles. The van der Waals surface area contributed by atoms with Crippen molar-refractivity contribution in [2.24, 2.45) is 5.41 Å². The molecule has 1 heterocycles.